The average Bonchev–Trinajstić information content (AvgIpc) is 2.19. The normalized spacial score (nSPS) is 13.9. The number of nitrogens with two attached hydrogens (primary N) is 1. The summed E-state index contributed by atoms with van der Waals surface area (Å²) in [7, 11) is -3.37. The molecule has 0 aromatic carbocycles. The fourth-order valence-corrected chi connectivity index (χ4v) is 2.48. The van der Waals surface area contributed by atoms with Crippen LogP contribution in [0.3, 0.4) is 0 Å². The van der Waals surface area contributed by atoms with Gasteiger partial charge >= 0.3 is 0 Å². The highest BCUT2D eigenvalue weighted by atomic mass is 32.2. The lowest BCUT2D eigenvalue weighted by Gasteiger charge is -2.13. The molecule has 0 rings (SSSR count). The minimum absolute atomic E-state index is 0.0262. The van der Waals surface area contributed by atoms with E-state index in [2.05, 4.69) is 6.92 Å². The smallest absolute Gasteiger partial charge is 0.209 e. The molecule has 1 atom stereocenters. The summed E-state index contributed by atoms with van der Waals surface area (Å²) < 4.78 is 27.3. The molecule has 0 saturated carbocycles. The molecule has 0 heterocycles. The van der Waals surface area contributed by atoms with Crippen LogP contribution in [0.1, 0.15) is 46.0 Å². The Morgan fingerprint density at radius 2 is 1.88 bits per heavy atom. The molecule has 0 bridgehead atoms. The Morgan fingerprint density at radius 3 is 2.38 bits per heavy atom. The molecular weight excluding hydrogens is 226 g/mol. The van der Waals surface area contributed by atoms with Crippen molar-refractivity contribution in [2.24, 2.45) is 11.1 Å². The first-order chi connectivity index (χ1) is 7.49. The Balaban J connectivity index is 3.56. The highest BCUT2D eigenvalue weighted by Gasteiger charge is 2.13. The van der Waals surface area contributed by atoms with Crippen molar-refractivity contribution < 1.29 is 13.2 Å². The first kappa shape index (κ1) is 15.9. The van der Waals surface area contributed by atoms with Crippen LogP contribution in [0, 0.1) is 5.92 Å². The fourth-order valence-electron chi connectivity index (χ4n) is 1.49. The molecule has 5 heteroatoms. The van der Waals surface area contributed by atoms with Crippen LogP contribution in [0.25, 0.3) is 0 Å². The third-order valence-corrected chi connectivity index (χ3v) is 3.48. The van der Waals surface area contributed by atoms with Gasteiger partial charge in [-0.25, -0.2) is 13.6 Å². The second-order valence-electron chi connectivity index (χ2n) is 4.24. The average molecular weight is 251 g/mol. The Labute approximate surface area is 99.6 Å². The zero-order chi connectivity index (χ0) is 12.4. The molecule has 98 valence electrons. The molecule has 0 aliphatic heterocycles. The molecule has 2 N–H and O–H groups in total. The van der Waals surface area contributed by atoms with E-state index in [0.29, 0.717) is 6.61 Å². The molecular formula is C11H25NO3S. The van der Waals surface area contributed by atoms with Crippen molar-refractivity contribution in [1.29, 1.82) is 0 Å². The van der Waals surface area contributed by atoms with E-state index < -0.39 is 10.0 Å². The molecule has 0 fully saturated rings. The third kappa shape index (κ3) is 10.4. The van der Waals surface area contributed by atoms with Gasteiger partial charge in [0.05, 0.1) is 12.4 Å². The SMILES string of the molecule is CCCCCCOCC(CC)CS(N)(=O)=O. The maximum absolute atomic E-state index is 10.9. The first-order valence-corrected chi connectivity index (χ1v) is 7.79. The molecule has 0 aliphatic rings. The molecule has 0 radical (unpaired) electrons. The quantitative estimate of drug-likeness (QED) is 0.603. The number of hydrogen-bond donors (Lipinski definition) is 1. The Morgan fingerprint density at radius 1 is 1.19 bits per heavy atom. The Hall–Kier alpha value is -0.130. The van der Waals surface area contributed by atoms with Crippen LogP contribution in [0.5, 0.6) is 0 Å². The zero-order valence-electron chi connectivity index (χ0n) is 10.4. The van der Waals surface area contributed by atoms with Crippen molar-refractivity contribution in [2.45, 2.75) is 46.0 Å². The van der Waals surface area contributed by atoms with Crippen LogP contribution in [-0.2, 0) is 14.8 Å². The van der Waals surface area contributed by atoms with Crippen molar-refractivity contribution in [3.63, 3.8) is 0 Å². The van der Waals surface area contributed by atoms with E-state index in [0.717, 1.165) is 19.4 Å². The fraction of sp³-hybridized carbons (Fsp3) is 1.00. The highest BCUT2D eigenvalue weighted by Crippen LogP contribution is 2.06. The minimum atomic E-state index is -3.37. The number of hydrogen-bond acceptors (Lipinski definition) is 3. The lowest BCUT2D eigenvalue weighted by Crippen LogP contribution is -2.25. The lowest BCUT2D eigenvalue weighted by atomic mass is 10.1. The largest absolute Gasteiger partial charge is 0.381 e. The highest BCUT2D eigenvalue weighted by molar-refractivity contribution is 7.89. The van der Waals surface area contributed by atoms with Gasteiger partial charge in [-0.15, -0.1) is 0 Å². The van der Waals surface area contributed by atoms with Gasteiger partial charge in [-0.05, 0) is 12.3 Å². The summed E-state index contributed by atoms with van der Waals surface area (Å²) in [6.45, 7) is 5.34. The standard InChI is InChI=1S/C11H25NO3S/c1-3-5-6-7-8-15-9-11(4-2)10-16(12,13)14/h11H,3-10H2,1-2H3,(H2,12,13,14). The predicted octanol–water partition coefficient (Wildman–Crippen LogP) is 1.90. The maximum atomic E-state index is 10.9. The number of primary sulfonamides is 1. The van der Waals surface area contributed by atoms with Gasteiger partial charge in [0.15, 0.2) is 0 Å². The Kier molecular flexibility index (Phi) is 8.89. The molecule has 4 nitrogen and oxygen atoms in total. The van der Waals surface area contributed by atoms with Crippen LogP contribution in [-0.4, -0.2) is 27.4 Å². The van der Waals surface area contributed by atoms with Crippen molar-refractivity contribution in [2.75, 3.05) is 19.0 Å². The van der Waals surface area contributed by atoms with Gasteiger partial charge in [0.2, 0.25) is 10.0 Å². The molecule has 16 heavy (non-hydrogen) atoms. The Bertz CT molecular complexity index is 252. The van der Waals surface area contributed by atoms with Gasteiger partial charge in [-0.1, -0.05) is 39.5 Å². The van der Waals surface area contributed by atoms with Crippen LogP contribution >= 0.6 is 0 Å². The molecule has 0 aromatic rings. The summed E-state index contributed by atoms with van der Waals surface area (Å²) in [6, 6.07) is 0. The second-order valence-corrected chi connectivity index (χ2v) is 5.90. The summed E-state index contributed by atoms with van der Waals surface area (Å²) in [5.41, 5.74) is 0. The van der Waals surface area contributed by atoms with Crippen molar-refractivity contribution in [3.05, 3.63) is 0 Å². The van der Waals surface area contributed by atoms with Crippen molar-refractivity contribution in [1.82, 2.24) is 0 Å². The summed E-state index contributed by atoms with van der Waals surface area (Å²) in [5, 5.41) is 5.00. The summed E-state index contributed by atoms with van der Waals surface area (Å²) >= 11 is 0. The van der Waals surface area contributed by atoms with Crippen LogP contribution in [0.15, 0.2) is 0 Å². The van der Waals surface area contributed by atoms with E-state index in [1.165, 1.54) is 19.3 Å². The van der Waals surface area contributed by atoms with E-state index in [1.54, 1.807) is 0 Å². The first-order valence-electron chi connectivity index (χ1n) is 6.07. The van der Waals surface area contributed by atoms with Gasteiger partial charge in [0.1, 0.15) is 0 Å². The van der Waals surface area contributed by atoms with E-state index in [4.69, 9.17) is 9.88 Å². The van der Waals surface area contributed by atoms with E-state index >= 15 is 0 Å². The van der Waals surface area contributed by atoms with Gasteiger partial charge in [0, 0.05) is 6.61 Å². The van der Waals surface area contributed by atoms with Crippen LogP contribution < -0.4 is 5.14 Å². The minimum Gasteiger partial charge on any atom is -0.381 e. The summed E-state index contributed by atoms with van der Waals surface area (Å²) in [6.07, 6.45) is 5.47. The van der Waals surface area contributed by atoms with Gasteiger partial charge in [-0.3, -0.25) is 0 Å². The third-order valence-electron chi connectivity index (χ3n) is 2.54. The number of ether oxygens (including phenoxy) is 1. The van der Waals surface area contributed by atoms with Gasteiger partial charge in [-0.2, -0.15) is 0 Å². The van der Waals surface area contributed by atoms with Crippen LogP contribution in [0.4, 0.5) is 0 Å². The number of unbranched alkanes of at least 4 members (excludes halogenated alkanes) is 3. The molecule has 0 aromatic heterocycles. The number of rotatable bonds is 10. The van der Waals surface area contributed by atoms with Gasteiger partial charge < -0.3 is 4.74 Å². The zero-order valence-corrected chi connectivity index (χ0v) is 11.3. The molecule has 0 amide bonds. The summed E-state index contributed by atoms with van der Waals surface area (Å²) in [4.78, 5) is 0. The predicted molar refractivity (Wildman–Crippen MR) is 66.7 cm³/mol. The van der Waals surface area contributed by atoms with E-state index in [9.17, 15) is 8.42 Å². The topological polar surface area (TPSA) is 69.4 Å². The van der Waals surface area contributed by atoms with Crippen molar-refractivity contribution in [3.8, 4) is 0 Å². The number of sulfonamides is 1. The summed E-state index contributed by atoms with van der Waals surface area (Å²) in [5.74, 6) is 0.0551. The van der Waals surface area contributed by atoms with E-state index in [-0.39, 0.29) is 11.7 Å². The van der Waals surface area contributed by atoms with Gasteiger partial charge in [0.25, 0.3) is 0 Å². The lowest BCUT2D eigenvalue weighted by molar-refractivity contribution is 0.101. The maximum Gasteiger partial charge on any atom is 0.209 e. The monoisotopic (exact) mass is 251 g/mol. The molecule has 0 saturated heterocycles. The second kappa shape index (κ2) is 8.96. The molecule has 0 spiro atoms. The molecule has 1 unspecified atom stereocenters. The van der Waals surface area contributed by atoms with Crippen molar-refractivity contribution >= 4 is 10.0 Å². The van der Waals surface area contributed by atoms with E-state index in [1.807, 2.05) is 6.92 Å². The molecule has 0 aliphatic carbocycles. The van der Waals surface area contributed by atoms with Crippen LogP contribution in [0.2, 0.25) is 0 Å².